The minimum atomic E-state index is -0.703. The first-order valence-corrected chi connectivity index (χ1v) is 20.2. The lowest BCUT2D eigenvalue weighted by molar-refractivity contribution is -0.198. The van der Waals surface area contributed by atoms with Crippen LogP contribution in [0.1, 0.15) is 44.9 Å². The molecule has 0 bridgehead atoms. The highest BCUT2D eigenvalue weighted by atomic mass is 32.2. The van der Waals surface area contributed by atoms with Crippen molar-refractivity contribution in [1.82, 2.24) is 21.0 Å². The lowest BCUT2D eigenvalue weighted by atomic mass is 10.0. The molecule has 20 heteroatoms. The molecular formula is C35H60N4O15S. The number of amides is 5. The lowest BCUT2D eigenvalue weighted by Gasteiger charge is -2.16. The van der Waals surface area contributed by atoms with Crippen LogP contribution in [0.2, 0.25) is 0 Å². The molecule has 5 amide bonds. The maximum Gasteiger partial charge on any atom is 0.335 e. The van der Waals surface area contributed by atoms with Crippen LogP contribution in [0.15, 0.2) is 0 Å². The van der Waals surface area contributed by atoms with Crippen LogP contribution >= 0.6 is 11.8 Å². The van der Waals surface area contributed by atoms with Gasteiger partial charge in [-0.15, -0.1) is 5.06 Å². The highest BCUT2D eigenvalue weighted by molar-refractivity contribution is 8.00. The third kappa shape index (κ3) is 22.0. The molecule has 0 aromatic rings. The fourth-order valence-corrected chi connectivity index (χ4v) is 6.99. The third-order valence-electron chi connectivity index (χ3n) is 8.27. The van der Waals surface area contributed by atoms with Crippen molar-refractivity contribution in [3.05, 3.63) is 0 Å². The number of carbonyl (C=O) groups excluding carboxylic acids is 5. The summed E-state index contributed by atoms with van der Waals surface area (Å²) in [7, 11) is 0. The number of nitrogens with zero attached hydrogens (tertiary/aromatic N) is 1. The molecule has 0 radical (unpaired) electrons. The average molecular weight is 809 g/mol. The van der Waals surface area contributed by atoms with Crippen molar-refractivity contribution >= 4 is 41.5 Å². The molecule has 3 heterocycles. The van der Waals surface area contributed by atoms with Crippen LogP contribution in [0.3, 0.4) is 0 Å². The summed E-state index contributed by atoms with van der Waals surface area (Å²) in [5.41, 5.74) is 0. The maximum absolute atomic E-state index is 12.0. The van der Waals surface area contributed by atoms with Gasteiger partial charge in [0.2, 0.25) is 5.91 Å². The van der Waals surface area contributed by atoms with Gasteiger partial charge in [-0.3, -0.25) is 14.4 Å². The smallest absolute Gasteiger partial charge is 0.335 e. The number of unbranched alkanes of at least 4 members (excludes halogenated alkanes) is 1. The number of ether oxygens (including phenoxy) is 9. The first-order valence-electron chi connectivity index (χ1n) is 19.2. The zero-order valence-corrected chi connectivity index (χ0v) is 32.6. The number of nitrogens with one attached hydrogen (secondary N) is 3. The Hall–Kier alpha value is -2.66. The molecule has 0 aromatic heterocycles. The Bertz CT molecular complexity index is 1090. The molecule has 0 aromatic carbocycles. The number of rotatable bonds is 36. The molecule has 316 valence electrons. The van der Waals surface area contributed by atoms with Crippen LogP contribution in [-0.4, -0.2) is 183 Å². The van der Waals surface area contributed by atoms with Crippen molar-refractivity contribution in [3.8, 4) is 0 Å². The molecular weight excluding hydrogens is 748 g/mol. The van der Waals surface area contributed by atoms with E-state index in [0.29, 0.717) is 129 Å². The maximum atomic E-state index is 12.0. The van der Waals surface area contributed by atoms with Gasteiger partial charge in [0.05, 0.1) is 137 Å². The summed E-state index contributed by atoms with van der Waals surface area (Å²) in [5, 5.41) is 9.77. The van der Waals surface area contributed by atoms with E-state index >= 15 is 0 Å². The molecule has 19 nitrogen and oxygen atoms in total. The van der Waals surface area contributed by atoms with Gasteiger partial charge in [0, 0.05) is 36.8 Å². The summed E-state index contributed by atoms with van der Waals surface area (Å²) < 4.78 is 49.0. The van der Waals surface area contributed by atoms with Crippen molar-refractivity contribution in [2.45, 2.75) is 62.3 Å². The number of imide groups is 1. The zero-order valence-electron chi connectivity index (χ0n) is 31.8. The Balaban J connectivity index is 0.909. The molecule has 3 aliphatic heterocycles. The monoisotopic (exact) mass is 808 g/mol. The minimum absolute atomic E-state index is 0.0328. The quantitative estimate of drug-likeness (QED) is 0.0431. The molecule has 3 rings (SSSR count). The van der Waals surface area contributed by atoms with E-state index in [9.17, 15) is 24.0 Å². The predicted octanol–water partition coefficient (Wildman–Crippen LogP) is -0.0249. The van der Waals surface area contributed by atoms with Crippen LogP contribution < -0.4 is 16.0 Å². The van der Waals surface area contributed by atoms with Crippen LogP contribution in [0, 0.1) is 0 Å². The van der Waals surface area contributed by atoms with Crippen LogP contribution in [0.5, 0.6) is 0 Å². The van der Waals surface area contributed by atoms with E-state index in [1.165, 1.54) is 0 Å². The first kappa shape index (κ1) is 46.7. The van der Waals surface area contributed by atoms with Crippen molar-refractivity contribution in [2.75, 3.05) is 131 Å². The highest BCUT2D eigenvalue weighted by Crippen LogP contribution is 2.33. The SMILES string of the molecule is O=C(CCCC[C@@H]1SC[C@@H]2NC(=O)N[C@@H]21)NCCOCCOCCOCCOCCOCCOCCOCCOCCOCCC(=O)ON1C(=O)CCC1=O. The molecule has 3 saturated heterocycles. The van der Waals surface area contributed by atoms with E-state index in [-0.39, 0.29) is 56.5 Å². The first-order chi connectivity index (χ1) is 26.9. The second kappa shape index (κ2) is 30.5. The summed E-state index contributed by atoms with van der Waals surface area (Å²) in [4.78, 5) is 62.7. The predicted molar refractivity (Wildman–Crippen MR) is 196 cm³/mol. The number of carbonyl (C=O) groups is 5. The van der Waals surface area contributed by atoms with Crippen LogP contribution in [-0.2, 0) is 66.6 Å². The summed E-state index contributed by atoms with van der Waals surface area (Å²) in [6.07, 6.45) is 3.33. The molecule has 0 aliphatic carbocycles. The number of hydroxylamine groups is 2. The molecule has 3 atom stereocenters. The van der Waals surface area contributed by atoms with Gasteiger partial charge in [0.25, 0.3) is 11.8 Å². The van der Waals surface area contributed by atoms with Crippen LogP contribution in [0.4, 0.5) is 4.79 Å². The normalized spacial score (nSPS) is 19.2. The largest absolute Gasteiger partial charge is 0.378 e. The van der Waals surface area contributed by atoms with Crippen molar-refractivity contribution < 1.29 is 71.4 Å². The molecule has 3 fully saturated rings. The summed E-state index contributed by atoms with van der Waals surface area (Å²) in [5.74, 6) is -0.746. The van der Waals surface area contributed by atoms with Gasteiger partial charge in [0.1, 0.15) is 0 Å². The van der Waals surface area contributed by atoms with Gasteiger partial charge < -0.3 is 63.4 Å². The average Bonchev–Trinajstić information content (AvgIpc) is 3.83. The topological polar surface area (TPSA) is 217 Å². The summed E-state index contributed by atoms with van der Waals surface area (Å²) in [6.45, 7) is 7.83. The van der Waals surface area contributed by atoms with Gasteiger partial charge in [-0.05, 0) is 12.8 Å². The van der Waals surface area contributed by atoms with Crippen molar-refractivity contribution in [2.24, 2.45) is 0 Å². The van der Waals surface area contributed by atoms with Crippen LogP contribution in [0.25, 0.3) is 0 Å². The number of fused-ring (bicyclic) bond motifs is 1. The molecule has 55 heavy (non-hydrogen) atoms. The Kier molecular flexibility index (Phi) is 25.9. The van der Waals surface area contributed by atoms with Gasteiger partial charge in [-0.1, -0.05) is 6.42 Å². The van der Waals surface area contributed by atoms with E-state index in [4.69, 9.17) is 47.5 Å². The third-order valence-corrected chi connectivity index (χ3v) is 9.78. The molecule has 0 spiro atoms. The van der Waals surface area contributed by atoms with E-state index in [2.05, 4.69) is 16.0 Å². The van der Waals surface area contributed by atoms with Gasteiger partial charge >= 0.3 is 12.0 Å². The van der Waals surface area contributed by atoms with E-state index < -0.39 is 17.8 Å². The van der Waals surface area contributed by atoms with Gasteiger partial charge in [0.15, 0.2) is 0 Å². The minimum Gasteiger partial charge on any atom is -0.378 e. The van der Waals surface area contributed by atoms with Gasteiger partial charge in [-0.25, -0.2) is 9.59 Å². The van der Waals surface area contributed by atoms with Crippen molar-refractivity contribution in [1.29, 1.82) is 0 Å². The standard InChI is InChI=1S/C35H60N4O15S/c40-30(4-2-1-3-29-34-28(27-55-29)37-35(44)38-34)36-8-10-46-12-14-48-16-18-50-20-22-52-24-26-53-25-23-51-21-19-49-17-15-47-13-11-45-9-7-33(43)54-39-31(41)5-6-32(39)42/h28-29,34H,1-27H2,(H,36,40)(H2,37,38,44)/t28-,29-,34-/m0/s1. The number of hydrogen-bond donors (Lipinski definition) is 3. The molecule has 0 saturated carbocycles. The Labute approximate surface area is 327 Å². The van der Waals surface area contributed by atoms with E-state index in [1.807, 2.05) is 11.8 Å². The van der Waals surface area contributed by atoms with E-state index in [1.54, 1.807) is 0 Å². The van der Waals surface area contributed by atoms with Gasteiger partial charge in [-0.2, -0.15) is 11.8 Å². The fraction of sp³-hybridized carbons (Fsp3) is 0.857. The molecule has 0 unspecified atom stereocenters. The van der Waals surface area contributed by atoms with E-state index in [0.717, 1.165) is 25.0 Å². The summed E-state index contributed by atoms with van der Waals surface area (Å²) in [6, 6.07) is 0.384. The van der Waals surface area contributed by atoms with Crippen molar-refractivity contribution in [3.63, 3.8) is 0 Å². The lowest BCUT2D eigenvalue weighted by Crippen LogP contribution is -2.36. The Morgan fingerprint density at radius 1 is 0.600 bits per heavy atom. The summed E-state index contributed by atoms with van der Waals surface area (Å²) >= 11 is 1.89. The number of thioether (sulfide) groups is 1. The molecule has 3 aliphatic rings. The second-order valence-electron chi connectivity index (χ2n) is 12.5. The zero-order chi connectivity index (χ0) is 39.2. The Morgan fingerprint density at radius 3 is 1.55 bits per heavy atom. The Morgan fingerprint density at radius 2 is 1.05 bits per heavy atom. The fourth-order valence-electron chi connectivity index (χ4n) is 5.45. The number of hydrogen-bond acceptors (Lipinski definition) is 16. The number of urea groups is 1. The second-order valence-corrected chi connectivity index (χ2v) is 13.8. The highest BCUT2D eigenvalue weighted by Gasteiger charge is 2.42. The molecule has 3 N–H and O–H groups in total.